The molecule has 1 saturated heterocycles. The van der Waals surface area contributed by atoms with Gasteiger partial charge in [0.05, 0.1) is 13.2 Å². The lowest BCUT2D eigenvalue weighted by Gasteiger charge is -2.26. The third-order valence-electron chi connectivity index (χ3n) is 4.01. The van der Waals surface area contributed by atoms with Crippen LogP contribution >= 0.6 is 0 Å². The van der Waals surface area contributed by atoms with Gasteiger partial charge in [0.15, 0.2) is 0 Å². The molecule has 1 fully saturated rings. The molecule has 0 aliphatic carbocycles. The highest BCUT2D eigenvalue weighted by Crippen LogP contribution is 2.10. The molecule has 112 valence electrons. The van der Waals surface area contributed by atoms with E-state index in [9.17, 15) is 0 Å². The number of morpholine rings is 1. The summed E-state index contributed by atoms with van der Waals surface area (Å²) in [4.78, 5) is 2.50. The van der Waals surface area contributed by atoms with Crippen LogP contribution in [0.15, 0.2) is 18.2 Å². The third kappa shape index (κ3) is 5.23. The van der Waals surface area contributed by atoms with Crippen LogP contribution in [-0.4, -0.2) is 50.8 Å². The zero-order chi connectivity index (χ0) is 14.2. The fourth-order valence-electron chi connectivity index (χ4n) is 2.67. The standard InChI is InChI=1S/C17H28N2O/c1-15-4-5-16(2)17(14-15)6-8-18-7-3-9-19-10-12-20-13-11-19/h4-5,14,18H,3,6-13H2,1-2H3. The van der Waals surface area contributed by atoms with Crippen LogP contribution in [0.4, 0.5) is 0 Å². The second-order valence-electron chi connectivity index (χ2n) is 5.74. The Labute approximate surface area is 123 Å². The van der Waals surface area contributed by atoms with Gasteiger partial charge < -0.3 is 10.1 Å². The molecular weight excluding hydrogens is 248 g/mol. The first kappa shape index (κ1) is 15.5. The normalized spacial score (nSPS) is 16.5. The average Bonchev–Trinajstić information content (AvgIpc) is 2.47. The van der Waals surface area contributed by atoms with Gasteiger partial charge in [0.25, 0.3) is 0 Å². The minimum Gasteiger partial charge on any atom is -0.379 e. The molecule has 0 spiro atoms. The van der Waals surface area contributed by atoms with E-state index in [1.165, 1.54) is 29.7 Å². The summed E-state index contributed by atoms with van der Waals surface area (Å²) in [5.41, 5.74) is 4.24. The minimum absolute atomic E-state index is 0.903. The average molecular weight is 276 g/mol. The van der Waals surface area contributed by atoms with Crippen LogP contribution in [-0.2, 0) is 11.2 Å². The van der Waals surface area contributed by atoms with Gasteiger partial charge in [0, 0.05) is 13.1 Å². The van der Waals surface area contributed by atoms with Gasteiger partial charge in [-0.2, -0.15) is 0 Å². The number of aryl methyl sites for hydroxylation is 2. The zero-order valence-electron chi connectivity index (χ0n) is 13.0. The summed E-state index contributed by atoms with van der Waals surface area (Å²) >= 11 is 0. The van der Waals surface area contributed by atoms with Crippen molar-refractivity contribution in [2.75, 3.05) is 45.9 Å². The number of hydrogen-bond acceptors (Lipinski definition) is 3. The molecule has 3 nitrogen and oxygen atoms in total. The lowest BCUT2D eigenvalue weighted by molar-refractivity contribution is 0.0375. The summed E-state index contributed by atoms with van der Waals surface area (Å²) in [6.07, 6.45) is 2.36. The van der Waals surface area contributed by atoms with Crippen molar-refractivity contribution in [3.63, 3.8) is 0 Å². The van der Waals surface area contributed by atoms with Crippen LogP contribution in [0.5, 0.6) is 0 Å². The number of hydrogen-bond donors (Lipinski definition) is 1. The number of benzene rings is 1. The summed E-state index contributed by atoms with van der Waals surface area (Å²) in [6, 6.07) is 6.72. The molecule has 1 heterocycles. The predicted octanol–water partition coefficient (Wildman–Crippen LogP) is 2.16. The van der Waals surface area contributed by atoms with Gasteiger partial charge in [0.2, 0.25) is 0 Å². The molecule has 0 amide bonds. The maximum Gasteiger partial charge on any atom is 0.0594 e. The van der Waals surface area contributed by atoms with Gasteiger partial charge in [0.1, 0.15) is 0 Å². The van der Waals surface area contributed by atoms with Gasteiger partial charge in [-0.05, 0) is 57.5 Å². The summed E-state index contributed by atoms with van der Waals surface area (Å²) in [7, 11) is 0. The molecule has 1 aliphatic rings. The van der Waals surface area contributed by atoms with Crippen molar-refractivity contribution < 1.29 is 4.74 Å². The monoisotopic (exact) mass is 276 g/mol. The van der Waals surface area contributed by atoms with Crippen LogP contribution in [0.3, 0.4) is 0 Å². The molecule has 0 saturated carbocycles. The van der Waals surface area contributed by atoms with Crippen molar-refractivity contribution in [3.05, 3.63) is 34.9 Å². The Morgan fingerprint density at radius 3 is 2.75 bits per heavy atom. The second-order valence-corrected chi connectivity index (χ2v) is 5.74. The van der Waals surface area contributed by atoms with Crippen molar-refractivity contribution in [2.24, 2.45) is 0 Å². The van der Waals surface area contributed by atoms with Gasteiger partial charge in [-0.3, -0.25) is 4.90 Å². The Bertz CT molecular complexity index is 400. The van der Waals surface area contributed by atoms with Crippen molar-refractivity contribution in [1.29, 1.82) is 0 Å². The van der Waals surface area contributed by atoms with Crippen LogP contribution in [0, 0.1) is 13.8 Å². The SMILES string of the molecule is Cc1ccc(C)c(CCNCCCN2CCOCC2)c1. The second kappa shape index (κ2) is 8.40. The Hall–Kier alpha value is -0.900. The van der Waals surface area contributed by atoms with E-state index in [4.69, 9.17) is 4.74 Å². The van der Waals surface area contributed by atoms with E-state index in [1.807, 2.05) is 0 Å². The summed E-state index contributed by atoms with van der Waals surface area (Å²) in [5.74, 6) is 0. The van der Waals surface area contributed by atoms with E-state index in [-0.39, 0.29) is 0 Å². The van der Waals surface area contributed by atoms with E-state index in [0.717, 1.165) is 45.8 Å². The molecule has 0 unspecified atom stereocenters. The maximum atomic E-state index is 5.36. The van der Waals surface area contributed by atoms with E-state index in [2.05, 4.69) is 42.3 Å². The lowest BCUT2D eigenvalue weighted by Crippen LogP contribution is -2.37. The Morgan fingerprint density at radius 2 is 1.95 bits per heavy atom. The van der Waals surface area contributed by atoms with Crippen LogP contribution in [0.1, 0.15) is 23.1 Å². The van der Waals surface area contributed by atoms with Gasteiger partial charge in [-0.15, -0.1) is 0 Å². The highest BCUT2D eigenvalue weighted by Gasteiger charge is 2.08. The van der Waals surface area contributed by atoms with Crippen molar-refractivity contribution >= 4 is 0 Å². The number of nitrogens with zero attached hydrogens (tertiary/aromatic N) is 1. The van der Waals surface area contributed by atoms with E-state index >= 15 is 0 Å². The van der Waals surface area contributed by atoms with Crippen LogP contribution in [0.25, 0.3) is 0 Å². The van der Waals surface area contributed by atoms with Crippen molar-refractivity contribution in [2.45, 2.75) is 26.7 Å². The lowest BCUT2D eigenvalue weighted by atomic mass is 10.0. The molecule has 0 radical (unpaired) electrons. The van der Waals surface area contributed by atoms with Crippen molar-refractivity contribution in [1.82, 2.24) is 10.2 Å². The van der Waals surface area contributed by atoms with Gasteiger partial charge in [-0.25, -0.2) is 0 Å². The molecule has 1 N–H and O–H groups in total. The number of ether oxygens (including phenoxy) is 1. The van der Waals surface area contributed by atoms with Gasteiger partial charge >= 0.3 is 0 Å². The molecule has 1 aromatic rings. The molecular formula is C17H28N2O. The maximum absolute atomic E-state index is 5.36. The topological polar surface area (TPSA) is 24.5 Å². The first-order chi connectivity index (χ1) is 9.75. The summed E-state index contributed by atoms with van der Waals surface area (Å²) in [6.45, 7) is 11.8. The number of rotatable bonds is 7. The van der Waals surface area contributed by atoms with E-state index in [1.54, 1.807) is 0 Å². The Kier molecular flexibility index (Phi) is 6.51. The first-order valence-electron chi connectivity index (χ1n) is 7.82. The Balaban J connectivity index is 1.56. The zero-order valence-corrected chi connectivity index (χ0v) is 13.0. The third-order valence-corrected chi connectivity index (χ3v) is 4.01. The molecule has 2 rings (SSSR count). The Morgan fingerprint density at radius 1 is 1.15 bits per heavy atom. The molecule has 20 heavy (non-hydrogen) atoms. The van der Waals surface area contributed by atoms with Crippen molar-refractivity contribution in [3.8, 4) is 0 Å². The minimum atomic E-state index is 0.903. The summed E-state index contributed by atoms with van der Waals surface area (Å²) in [5, 5.41) is 3.56. The number of nitrogens with one attached hydrogen (secondary N) is 1. The van der Waals surface area contributed by atoms with Crippen LogP contribution < -0.4 is 5.32 Å². The van der Waals surface area contributed by atoms with Gasteiger partial charge in [-0.1, -0.05) is 23.8 Å². The largest absolute Gasteiger partial charge is 0.379 e. The molecule has 1 aromatic carbocycles. The fraction of sp³-hybridized carbons (Fsp3) is 0.647. The molecule has 3 heteroatoms. The molecule has 0 atom stereocenters. The highest BCUT2D eigenvalue weighted by molar-refractivity contribution is 5.30. The van der Waals surface area contributed by atoms with E-state index in [0.29, 0.717) is 0 Å². The van der Waals surface area contributed by atoms with E-state index < -0.39 is 0 Å². The molecule has 0 bridgehead atoms. The van der Waals surface area contributed by atoms with Crippen LogP contribution in [0.2, 0.25) is 0 Å². The molecule has 0 aromatic heterocycles. The predicted molar refractivity (Wildman–Crippen MR) is 84.4 cm³/mol. The highest BCUT2D eigenvalue weighted by atomic mass is 16.5. The smallest absolute Gasteiger partial charge is 0.0594 e. The molecule has 1 aliphatic heterocycles. The quantitative estimate of drug-likeness (QED) is 0.772. The fourth-order valence-corrected chi connectivity index (χ4v) is 2.67. The first-order valence-corrected chi connectivity index (χ1v) is 7.82. The summed E-state index contributed by atoms with van der Waals surface area (Å²) < 4.78 is 5.36.